The molecular formula is C18H22N2O2S. The van der Waals surface area contributed by atoms with Crippen molar-refractivity contribution in [2.75, 3.05) is 25.1 Å². The summed E-state index contributed by atoms with van der Waals surface area (Å²) in [6.45, 7) is 4.01. The van der Waals surface area contributed by atoms with Crippen LogP contribution in [0.2, 0.25) is 0 Å². The van der Waals surface area contributed by atoms with Crippen molar-refractivity contribution in [1.29, 1.82) is 0 Å². The van der Waals surface area contributed by atoms with E-state index in [1.54, 1.807) is 7.11 Å². The van der Waals surface area contributed by atoms with Crippen molar-refractivity contribution in [2.45, 2.75) is 32.6 Å². The van der Waals surface area contributed by atoms with Gasteiger partial charge in [0.05, 0.1) is 17.7 Å². The Kier molecular flexibility index (Phi) is 4.96. The van der Waals surface area contributed by atoms with Crippen molar-refractivity contribution >= 4 is 22.3 Å². The SMILES string of the molecule is COc1ccc(C(=O)c2sc(N3CCCCCC3)nc2C)cc1. The summed E-state index contributed by atoms with van der Waals surface area (Å²) in [6, 6.07) is 7.26. The van der Waals surface area contributed by atoms with E-state index in [9.17, 15) is 4.79 Å². The van der Waals surface area contributed by atoms with Gasteiger partial charge in [0, 0.05) is 18.7 Å². The minimum absolute atomic E-state index is 0.0451. The fourth-order valence-corrected chi connectivity index (χ4v) is 3.94. The molecule has 1 aliphatic rings. The van der Waals surface area contributed by atoms with Gasteiger partial charge in [0.15, 0.2) is 5.13 Å². The van der Waals surface area contributed by atoms with Crippen LogP contribution in [0.25, 0.3) is 0 Å². The van der Waals surface area contributed by atoms with E-state index in [0.29, 0.717) is 5.56 Å². The highest BCUT2D eigenvalue weighted by Crippen LogP contribution is 2.30. The van der Waals surface area contributed by atoms with Gasteiger partial charge in [0.1, 0.15) is 5.75 Å². The topological polar surface area (TPSA) is 42.4 Å². The molecule has 1 saturated heterocycles. The van der Waals surface area contributed by atoms with Crippen molar-refractivity contribution in [1.82, 2.24) is 4.98 Å². The first-order valence-corrected chi connectivity index (χ1v) is 8.92. The molecule has 1 aliphatic heterocycles. The second-order valence-electron chi connectivity index (χ2n) is 5.87. The number of thiazole rings is 1. The van der Waals surface area contributed by atoms with Crippen LogP contribution >= 0.6 is 11.3 Å². The molecule has 1 fully saturated rings. The minimum atomic E-state index is 0.0451. The molecule has 5 heteroatoms. The minimum Gasteiger partial charge on any atom is -0.497 e. The number of hydrogen-bond donors (Lipinski definition) is 0. The van der Waals surface area contributed by atoms with Crippen LogP contribution in [0.5, 0.6) is 5.75 Å². The van der Waals surface area contributed by atoms with E-state index >= 15 is 0 Å². The molecule has 122 valence electrons. The lowest BCUT2D eigenvalue weighted by Gasteiger charge is -2.18. The van der Waals surface area contributed by atoms with Crippen LogP contribution in [0.15, 0.2) is 24.3 Å². The predicted octanol–water partition coefficient (Wildman–Crippen LogP) is 4.07. The maximum Gasteiger partial charge on any atom is 0.204 e. The molecule has 2 heterocycles. The van der Waals surface area contributed by atoms with Gasteiger partial charge >= 0.3 is 0 Å². The van der Waals surface area contributed by atoms with Crippen LogP contribution in [0.1, 0.15) is 46.6 Å². The molecule has 2 aromatic rings. The molecule has 3 rings (SSSR count). The van der Waals surface area contributed by atoms with Crippen molar-refractivity contribution in [3.05, 3.63) is 40.4 Å². The maximum atomic E-state index is 12.7. The predicted molar refractivity (Wildman–Crippen MR) is 94.0 cm³/mol. The Morgan fingerprint density at radius 1 is 1.13 bits per heavy atom. The highest BCUT2D eigenvalue weighted by molar-refractivity contribution is 7.17. The molecule has 0 unspecified atom stereocenters. The van der Waals surface area contributed by atoms with Gasteiger partial charge in [-0.2, -0.15) is 0 Å². The quantitative estimate of drug-likeness (QED) is 0.793. The Bertz CT molecular complexity index is 671. The fraction of sp³-hybridized carbons (Fsp3) is 0.444. The number of aryl methyl sites for hydroxylation is 1. The molecule has 0 atom stereocenters. The molecule has 0 N–H and O–H groups in total. The molecule has 0 radical (unpaired) electrons. The van der Waals surface area contributed by atoms with Crippen LogP contribution in [0, 0.1) is 6.92 Å². The Morgan fingerprint density at radius 2 is 1.78 bits per heavy atom. The van der Waals surface area contributed by atoms with Crippen LogP contribution in [0.3, 0.4) is 0 Å². The number of carbonyl (C=O) groups excluding carboxylic acids is 1. The molecule has 0 bridgehead atoms. The lowest BCUT2D eigenvalue weighted by molar-refractivity contribution is 0.104. The number of ether oxygens (including phenoxy) is 1. The summed E-state index contributed by atoms with van der Waals surface area (Å²) in [5.74, 6) is 0.802. The average molecular weight is 330 g/mol. The Hall–Kier alpha value is -1.88. The van der Waals surface area contributed by atoms with E-state index in [2.05, 4.69) is 9.88 Å². The second kappa shape index (κ2) is 7.13. The van der Waals surface area contributed by atoms with Crippen molar-refractivity contribution in [3.8, 4) is 5.75 Å². The number of anilines is 1. The van der Waals surface area contributed by atoms with Gasteiger partial charge in [-0.05, 0) is 44.0 Å². The standard InChI is InChI=1S/C18H22N2O2S/c1-13-17(16(21)14-7-9-15(22-2)10-8-14)23-18(19-13)20-11-5-3-4-6-12-20/h7-10H,3-6,11-12H2,1-2H3. The zero-order valence-corrected chi connectivity index (χ0v) is 14.5. The Morgan fingerprint density at radius 3 is 2.39 bits per heavy atom. The zero-order chi connectivity index (χ0) is 16.2. The van der Waals surface area contributed by atoms with Crippen LogP contribution in [-0.2, 0) is 0 Å². The lowest BCUT2D eigenvalue weighted by Crippen LogP contribution is -2.23. The zero-order valence-electron chi connectivity index (χ0n) is 13.7. The third kappa shape index (κ3) is 3.55. The Balaban J connectivity index is 1.82. The van der Waals surface area contributed by atoms with E-state index < -0.39 is 0 Å². The Labute approximate surface area is 141 Å². The molecule has 0 amide bonds. The van der Waals surface area contributed by atoms with E-state index in [4.69, 9.17) is 4.74 Å². The molecule has 1 aromatic carbocycles. The maximum absolute atomic E-state index is 12.7. The molecule has 4 nitrogen and oxygen atoms in total. The monoisotopic (exact) mass is 330 g/mol. The number of aromatic nitrogens is 1. The first-order chi connectivity index (χ1) is 11.2. The van der Waals surface area contributed by atoms with Crippen molar-refractivity contribution < 1.29 is 9.53 Å². The number of nitrogens with zero attached hydrogens (tertiary/aromatic N) is 2. The number of rotatable bonds is 4. The summed E-state index contributed by atoms with van der Waals surface area (Å²) in [4.78, 5) is 20.5. The molecule has 0 spiro atoms. The normalized spacial score (nSPS) is 15.3. The summed E-state index contributed by atoms with van der Waals surface area (Å²) in [5.41, 5.74) is 1.51. The highest BCUT2D eigenvalue weighted by Gasteiger charge is 2.20. The van der Waals surface area contributed by atoms with Gasteiger partial charge < -0.3 is 9.64 Å². The van der Waals surface area contributed by atoms with Gasteiger partial charge in [0.25, 0.3) is 0 Å². The fourth-order valence-electron chi connectivity index (χ4n) is 2.86. The number of carbonyl (C=O) groups is 1. The lowest BCUT2D eigenvalue weighted by atomic mass is 10.1. The summed E-state index contributed by atoms with van der Waals surface area (Å²) < 4.78 is 5.15. The number of methoxy groups -OCH3 is 1. The summed E-state index contributed by atoms with van der Waals surface area (Å²) >= 11 is 1.52. The van der Waals surface area contributed by atoms with Gasteiger partial charge in [-0.15, -0.1) is 0 Å². The van der Waals surface area contributed by atoms with Crippen LogP contribution < -0.4 is 9.64 Å². The van der Waals surface area contributed by atoms with Crippen molar-refractivity contribution in [3.63, 3.8) is 0 Å². The van der Waals surface area contributed by atoms with E-state index in [0.717, 1.165) is 34.5 Å². The average Bonchev–Trinajstić information content (AvgIpc) is 2.79. The third-order valence-corrected chi connectivity index (χ3v) is 5.44. The number of hydrogen-bond acceptors (Lipinski definition) is 5. The van der Waals surface area contributed by atoms with Crippen LogP contribution in [-0.4, -0.2) is 31.0 Å². The number of benzene rings is 1. The largest absolute Gasteiger partial charge is 0.497 e. The first-order valence-electron chi connectivity index (χ1n) is 8.10. The second-order valence-corrected chi connectivity index (χ2v) is 6.85. The summed E-state index contributed by atoms with van der Waals surface area (Å²) in [5, 5.41) is 0.987. The van der Waals surface area contributed by atoms with Crippen LogP contribution in [0.4, 0.5) is 5.13 Å². The van der Waals surface area contributed by atoms with Gasteiger partial charge in [-0.3, -0.25) is 4.79 Å². The van der Waals surface area contributed by atoms with E-state index in [-0.39, 0.29) is 5.78 Å². The molecule has 0 aliphatic carbocycles. The third-order valence-electron chi connectivity index (χ3n) is 4.22. The van der Waals surface area contributed by atoms with Gasteiger partial charge in [-0.1, -0.05) is 24.2 Å². The molecule has 0 saturated carbocycles. The summed E-state index contributed by atoms with van der Waals surface area (Å²) in [6.07, 6.45) is 5.00. The van der Waals surface area contributed by atoms with E-state index in [1.807, 2.05) is 31.2 Å². The summed E-state index contributed by atoms with van der Waals surface area (Å²) in [7, 11) is 1.62. The highest BCUT2D eigenvalue weighted by atomic mass is 32.1. The van der Waals surface area contributed by atoms with Gasteiger partial charge in [-0.25, -0.2) is 4.98 Å². The van der Waals surface area contributed by atoms with E-state index in [1.165, 1.54) is 37.0 Å². The molecule has 1 aromatic heterocycles. The molecular weight excluding hydrogens is 308 g/mol. The number of ketones is 1. The molecule has 23 heavy (non-hydrogen) atoms. The van der Waals surface area contributed by atoms with Gasteiger partial charge in [0.2, 0.25) is 5.78 Å². The first kappa shape index (κ1) is 16.0. The smallest absolute Gasteiger partial charge is 0.204 e. The van der Waals surface area contributed by atoms with Crippen molar-refractivity contribution in [2.24, 2.45) is 0 Å².